The molecule has 2 fully saturated rings. The van der Waals surface area contributed by atoms with E-state index in [-0.39, 0.29) is 16.7 Å². The molecule has 0 bridgehead atoms. The normalized spacial score (nSPS) is 24.8. The molecule has 0 radical (unpaired) electrons. The van der Waals surface area contributed by atoms with Crippen LogP contribution in [-0.2, 0) is 4.74 Å². The van der Waals surface area contributed by atoms with E-state index in [0.717, 1.165) is 6.42 Å². The van der Waals surface area contributed by atoms with Gasteiger partial charge < -0.3 is 9.64 Å². The Hall–Kier alpha value is -1.60. The van der Waals surface area contributed by atoms with Gasteiger partial charge in [0.25, 0.3) is 0 Å². The van der Waals surface area contributed by atoms with Crippen LogP contribution >= 0.6 is 11.6 Å². The summed E-state index contributed by atoms with van der Waals surface area (Å²) in [6, 6.07) is 0.253. The van der Waals surface area contributed by atoms with E-state index < -0.39 is 11.9 Å². The molecule has 4 rings (SSSR count). The van der Waals surface area contributed by atoms with E-state index in [0.29, 0.717) is 36.9 Å². The number of ether oxygens (including phenoxy) is 1. The van der Waals surface area contributed by atoms with Crippen molar-refractivity contribution in [3.63, 3.8) is 0 Å². The van der Waals surface area contributed by atoms with Crippen LogP contribution in [0.2, 0.25) is 5.15 Å². The fourth-order valence-corrected chi connectivity index (χ4v) is 2.97. The van der Waals surface area contributed by atoms with Crippen LogP contribution in [0.25, 0.3) is 10.9 Å². The van der Waals surface area contributed by atoms with Crippen LogP contribution in [0.1, 0.15) is 6.42 Å². The monoisotopic (exact) mass is 312 g/mol. The number of hydrogen-bond acceptors (Lipinski definition) is 5. The van der Waals surface area contributed by atoms with Crippen LogP contribution in [0.15, 0.2) is 6.20 Å². The molecular weight excluding hydrogens is 302 g/mol. The quantitative estimate of drug-likeness (QED) is 0.597. The topological polar surface area (TPSA) is 51.1 Å². The highest BCUT2D eigenvalue weighted by Crippen LogP contribution is 2.41. The third-order valence-electron chi connectivity index (χ3n) is 3.96. The average Bonchev–Trinajstić information content (AvgIpc) is 3.22. The van der Waals surface area contributed by atoms with Gasteiger partial charge in [-0.05, 0) is 6.42 Å². The van der Waals surface area contributed by atoms with E-state index in [2.05, 4.69) is 15.0 Å². The van der Waals surface area contributed by atoms with Crippen LogP contribution in [-0.4, -0.2) is 40.8 Å². The standard InChI is InChI=1S/C13H11ClF2N4O/c14-11-9(15)10-7(4-17-11)12(19-13(16)18-10)20-1-2-21-5-6-3-8(6)20/h4,6,8H,1-3,5H2/t6-,8-/m1/s1. The van der Waals surface area contributed by atoms with E-state index in [4.69, 9.17) is 16.3 Å². The number of nitrogens with zero attached hydrogens (tertiary/aromatic N) is 4. The Morgan fingerprint density at radius 2 is 2.19 bits per heavy atom. The van der Waals surface area contributed by atoms with Gasteiger partial charge in [0.05, 0.1) is 18.6 Å². The smallest absolute Gasteiger partial charge is 0.311 e. The Balaban J connectivity index is 1.90. The molecule has 2 aliphatic rings. The maximum atomic E-state index is 14.0. The average molecular weight is 313 g/mol. The first-order valence-electron chi connectivity index (χ1n) is 6.67. The Bertz CT molecular complexity index is 729. The molecule has 1 saturated carbocycles. The molecule has 3 heterocycles. The molecule has 2 aromatic heterocycles. The zero-order valence-electron chi connectivity index (χ0n) is 10.9. The number of fused-ring (bicyclic) bond motifs is 2. The molecule has 110 valence electrons. The molecule has 21 heavy (non-hydrogen) atoms. The van der Waals surface area contributed by atoms with E-state index in [1.54, 1.807) is 0 Å². The van der Waals surface area contributed by atoms with Gasteiger partial charge >= 0.3 is 6.08 Å². The second-order valence-corrected chi connectivity index (χ2v) is 5.63. The number of hydrogen-bond donors (Lipinski definition) is 0. The zero-order valence-corrected chi connectivity index (χ0v) is 11.6. The number of anilines is 1. The van der Waals surface area contributed by atoms with Crippen molar-refractivity contribution in [3.05, 3.63) is 23.2 Å². The highest BCUT2D eigenvalue weighted by Gasteiger charge is 2.44. The minimum absolute atomic E-state index is 0.139. The first-order chi connectivity index (χ1) is 10.1. The van der Waals surface area contributed by atoms with Gasteiger partial charge in [-0.2, -0.15) is 14.4 Å². The second-order valence-electron chi connectivity index (χ2n) is 5.27. The first kappa shape index (κ1) is 13.1. The van der Waals surface area contributed by atoms with Gasteiger partial charge in [0.1, 0.15) is 11.3 Å². The van der Waals surface area contributed by atoms with E-state index in [1.165, 1.54) is 6.20 Å². The van der Waals surface area contributed by atoms with Crippen molar-refractivity contribution in [2.24, 2.45) is 5.92 Å². The Morgan fingerprint density at radius 1 is 1.33 bits per heavy atom. The Labute approximate surface area is 123 Å². The molecule has 2 aromatic rings. The van der Waals surface area contributed by atoms with Gasteiger partial charge in [-0.25, -0.2) is 9.37 Å². The van der Waals surface area contributed by atoms with E-state index in [1.807, 2.05) is 4.90 Å². The third kappa shape index (κ3) is 2.11. The molecule has 1 saturated heterocycles. The fraction of sp³-hybridized carbons (Fsp3) is 0.462. The number of pyridine rings is 1. The van der Waals surface area contributed by atoms with Crippen molar-refractivity contribution in [1.82, 2.24) is 15.0 Å². The van der Waals surface area contributed by atoms with Crippen molar-refractivity contribution in [3.8, 4) is 0 Å². The summed E-state index contributed by atoms with van der Waals surface area (Å²) in [6.45, 7) is 1.81. The van der Waals surface area contributed by atoms with Gasteiger partial charge in [0.2, 0.25) is 0 Å². The summed E-state index contributed by atoms with van der Waals surface area (Å²) in [6.07, 6.45) is 1.39. The molecule has 0 aromatic carbocycles. The molecule has 0 spiro atoms. The third-order valence-corrected chi connectivity index (χ3v) is 4.22. The van der Waals surface area contributed by atoms with Crippen LogP contribution < -0.4 is 4.90 Å². The maximum Gasteiger partial charge on any atom is 0.311 e. The zero-order chi connectivity index (χ0) is 14.6. The predicted octanol–water partition coefficient (Wildman–Crippen LogP) is 2.18. The lowest BCUT2D eigenvalue weighted by molar-refractivity contribution is 0.139. The molecule has 2 atom stereocenters. The van der Waals surface area contributed by atoms with E-state index >= 15 is 0 Å². The lowest BCUT2D eigenvalue weighted by atomic mass is 10.2. The summed E-state index contributed by atoms with van der Waals surface area (Å²) in [5.41, 5.74) is -0.139. The van der Waals surface area contributed by atoms with Crippen LogP contribution in [0.5, 0.6) is 0 Å². The van der Waals surface area contributed by atoms with E-state index in [9.17, 15) is 8.78 Å². The summed E-state index contributed by atoms with van der Waals surface area (Å²) in [5, 5.41) is 0.0425. The van der Waals surface area contributed by atoms with Crippen LogP contribution in [0, 0.1) is 17.8 Å². The summed E-state index contributed by atoms with van der Waals surface area (Å²) in [7, 11) is 0. The van der Waals surface area contributed by atoms with Crippen LogP contribution in [0.3, 0.4) is 0 Å². The molecule has 0 amide bonds. The summed E-state index contributed by atoms with van der Waals surface area (Å²) < 4.78 is 33.2. The molecule has 1 aliphatic carbocycles. The largest absolute Gasteiger partial charge is 0.379 e. The minimum atomic E-state index is -0.971. The van der Waals surface area contributed by atoms with Gasteiger partial charge in [0.15, 0.2) is 11.0 Å². The van der Waals surface area contributed by atoms with Crippen molar-refractivity contribution in [2.45, 2.75) is 12.5 Å². The lowest BCUT2D eigenvalue weighted by Gasteiger charge is -2.23. The molecule has 0 unspecified atom stereocenters. The Morgan fingerprint density at radius 3 is 3.05 bits per heavy atom. The minimum Gasteiger partial charge on any atom is -0.379 e. The van der Waals surface area contributed by atoms with Gasteiger partial charge in [0, 0.05) is 24.7 Å². The molecule has 8 heteroatoms. The van der Waals surface area contributed by atoms with Crippen molar-refractivity contribution >= 4 is 28.3 Å². The van der Waals surface area contributed by atoms with Gasteiger partial charge in [-0.15, -0.1) is 0 Å². The van der Waals surface area contributed by atoms with Gasteiger partial charge in [-0.3, -0.25) is 0 Å². The maximum absolute atomic E-state index is 14.0. The fourth-order valence-electron chi connectivity index (χ4n) is 2.83. The molecule has 0 N–H and O–H groups in total. The van der Waals surface area contributed by atoms with Crippen LogP contribution in [0.4, 0.5) is 14.6 Å². The molecular formula is C13H11ClF2N4O. The number of aromatic nitrogens is 3. The van der Waals surface area contributed by atoms with Gasteiger partial charge in [-0.1, -0.05) is 11.6 Å². The SMILES string of the molecule is Fc1nc(N2CCOC[C@H]3C[C@H]32)c2cnc(Cl)c(F)c2n1. The number of rotatable bonds is 1. The first-order valence-corrected chi connectivity index (χ1v) is 7.04. The second kappa shape index (κ2) is 4.71. The Kier molecular flexibility index (Phi) is 2.93. The molecule has 5 nitrogen and oxygen atoms in total. The summed E-state index contributed by atoms with van der Waals surface area (Å²) in [5.74, 6) is -0.0422. The number of halogens is 3. The predicted molar refractivity (Wildman–Crippen MR) is 72.3 cm³/mol. The summed E-state index contributed by atoms with van der Waals surface area (Å²) in [4.78, 5) is 13.1. The van der Waals surface area contributed by atoms with Crippen molar-refractivity contribution < 1.29 is 13.5 Å². The molecule has 1 aliphatic heterocycles. The van der Waals surface area contributed by atoms with Crippen molar-refractivity contribution in [2.75, 3.05) is 24.7 Å². The highest BCUT2D eigenvalue weighted by molar-refractivity contribution is 6.30. The lowest BCUT2D eigenvalue weighted by Crippen LogP contribution is -2.30. The highest BCUT2D eigenvalue weighted by atomic mass is 35.5. The van der Waals surface area contributed by atoms with Crippen molar-refractivity contribution in [1.29, 1.82) is 0 Å². The summed E-state index contributed by atoms with van der Waals surface area (Å²) >= 11 is 5.64.